The number of hydrogen-bond acceptors (Lipinski definition) is 4. The van der Waals surface area contributed by atoms with Crippen LogP contribution in [0.4, 0.5) is 4.79 Å². The van der Waals surface area contributed by atoms with Crippen LogP contribution < -0.4 is 10.6 Å². The highest BCUT2D eigenvalue weighted by molar-refractivity contribution is 5.87. The molecule has 0 heterocycles. The van der Waals surface area contributed by atoms with Gasteiger partial charge in [0.05, 0.1) is 5.92 Å². The van der Waals surface area contributed by atoms with E-state index in [0.717, 1.165) is 24.0 Å². The van der Waals surface area contributed by atoms with Crippen LogP contribution in [0.1, 0.15) is 36.3 Å². The third-order valence-corrected chi connectivity index (χ3v) is 6.49. The van der Waals surface area contributed by atoms with Gasteiger partial charge in [0, 0.05) is 25.1 Å². The van der Waals surface area contributed by atoms with Crippen LogP contribution in [0, 0.1) is 11.8 Å². The van der Waals surface area contributed by atoms with Crippen LogP contribution in [-0.4, -0.2) is 42.8 Å². The Kier molecular flexibility index (Phi) is 7.07. The Morgan fingerprint density at radius 1 is 0.970 bits per heavy atom. The Morgan fingerprint density at radius 2 is 1.64 bits per heavy atom. The number of amides is 2. The van der Waals surface area contributed by atoms with Gasteiger partial charge >= 0.3 is 12.1 Å². The van der Waals surface area contributed by atoms with Gasteiger partial charge in [-0.1, -0.05) is 61.0 Å². The highest BCUT2D eigenvalue weighted by Crippen LogP contribution is 2.44. The molecule has 4 rings (SSSR count). The monoisotopic (exact) mass is 448 g/mol. The van der Waals surface area contributed by atoms with Crippen molar-refractivity contribution in [2.24, 2.45) is 11.8 Å². The molecule has 0 aliphatic heterocycles. The SMILES string of the molecule is O=C(/C=C/CNC(=O)OCC1c2ccccc2-c2ccccc21)NCC1CCCC1C(=O)O. The molecule has 0 bridgehead atoms. The first kappa shape index (κ1) is 22.6. The molecule has 7 nitrogen and oxygen atoms in total. The zero-order chi connectivity index (χ0) is 23.2. The first-order valence-electron chi connectivity index (χ1n) is 11.3. The molecule has 0 aromatic heterocycles. The molecule has 2 atom stereocenters. The first-order chi connectivity index (χ1) is 16.0. The fourth-order valence-electron chi connectivity index (χ4n) is 4.85. The smallest absolute Gasteiger partial charge is 0.407 e. The van der Waals surface area contributed by atoms with Gasteiger partial charge in [-0.3, -0.25) is 9.59 Å². The van der Waals surface area contributed by atoms with Gasteiger partial charge in [0.25, 0.3) is 0 Å². The molecule has 1 fully saturated rings. The number of ether oxygens (including phenoxy) is 1. The Labute approximate surface area is 192 Å². The molecule has 7 heteroatoms. The van der Waals surface area contributed by atoms with Gasteiger partial charge in [0.1, 0.15) is 6.61 Å². The normalized spacial score (nSPS) is 19.2. The van der Waals surface area contributed by atoms with Gasteiger partial charge in [-0.25, -0.2) is 4.79 Å². The molecule has 2 amide bonds. The van der Waals surface area contributed by atoms with Crippen LogP contribution in [0.2, 0.25) is 0 Å². The minimum Gasteiger partial charge on any atom is -0.481 e. The summed E-state index contributed by atoms with van der Waals surface area (Å²) in [4.78, 5) is 35.3. The van der Waals surface area contributed by atoms with E-state index in [1.807, 2.05) is 24.3 Å². The van der Waals surface area contributed by atoms with Gasteiger partial charge in [0.2, 0.25) is 5.91 Å². The highest BCUT2D eigenvalue weighted by atomic mass is 16.5. The molecule has 1 saturated carbocycles. The van der Waals surface area contributed by atoms with E-state index in [4.69, 9.17) is 4.74 Å². The predicted octanol–water partition coefficient (Wildman–Crippen LogP) is 3.70. The number of carboxylic acid groups (broad SMARTS) is 1. The molecular formula is C26H28N2O5. The lowest BCUT2D eigenvalue weighted by molar-refractivity contribution is -0.143. The molecule has 2 unspecified atom stereocenters. The Morgan fingerprint density at radius 3 is 2.30 bits per heavy atom. The number of aliphatic carboxylic acids is 1. The topological polar surface area (TPSA) is 105 Å². The Hall–Kier alpha value is -3.61. The molecule has 172 valence electrons. The second-order valence-corrected chi connectivity index (χ2v) is 8.49. The lowest BCUT2D eigenvalue weighted by Crippen LogP contribution is -2.32. The van der Waals surface area contributed by atoms with E-state index in [2.05, 4.69) is 34.9 Å². The number of alkyl carbamates (subject to hydrolysis) is 1. The van der Waals surface area contributed by atoms with Gasteiger partial charge in [-0.2, -0.15) is 0 Å². The minimum absolute atomic E-state index is 0.00492. The Bertz CT molecular complexity index is 1020. The van der Waals surface area contributed by atoms with Crippen molar-refractivity contribution >= 4 is 18.0 Å². The summed E-state index contributed by atoms with van der Waals surface area (Å²) in [6.45, 7) is 0.738. The molecule has 0 radical (unpaired) electrons. The summed E-state index contributed by atoms with van der Waals surface area (Å²) in [5.74, 6) is -1.52. The van der Waals surface area contributed by atoms with E-state index in [0.29, 0.717) is 13.0 Å². The number of nitrogens with one attached hydrogen (secondary N) is 2. The van der Waals surface area contributed by atoms with Crippen LogP contribution in [0.25, 0.3) is 11.1 Å². The fourth-order valence-corrected chi connectivity index (χ4v) is 4.85. The van der Waals surface area contributed by atoms with Crippen LogP contribution in [0.5, 0.6) is 0 Å². The molecule has 2 aliphatic carbocycles. The average Bonchev–Trinajstić information content (AvgIpc) is 3.42. The number of rotatable bonds is 8. The van der Waals surface area contributed by atoms with E-state index in [1.165, 1.54) is 17.2 Å². The standard InChI is InChI=1S/C26H28N2O5/c29-24(28-15-17-7-5-12-18(17)25(30)31)13-6-14-27-26(32)33-16-23-21-10-3-1-8-19(21)20-9-2-4-11-22(20)23/h1-4,6,8-11,13,17-18,23H,5,7,12,14-16H2,(H,27,32)(H,28,29)(H,30,31)/b13-6+. The minimum atomic E-state index is -0.797. The maximum atomic E-state index is 12.1. The summed E-state index contributed by atoms with van der Waals surface area (Å²) in [7, 11) is 0. The van der Waals surface area contributed by atoms with Gasteiger partial charge in [-0.05, 0) is 41.0 Å². The van der Waals surface area contributed by atoms with Gasteiger partial charge in [-0.15, -0.1) is 0 Å². The summed E-state index contributed by atoms with van der Waals surface area (Å²) in [5.41, 5.74) is 4.64. The zero-order valence-corrected chi connectivity index (χ0v) is 18.3. The molecule has 2 aliphatic rings. The largest absolute Gasteiger partial charge is 0.481 e. The summed E-state index contributed by atoms with van der Waals surface area (Å²) < 4.78 is 5.46. The van der Waals surface area contributed by atoms with Crippen molar-refractivity contribution in [2.45, 2.75) is 25.2 Å². The second-order valence-electron chi connectivity index (χ2n) is 8.49. The lowest BCUT2D eigenvalue weighted by Gasteiger charge is -2.15. The molecule has 3 N–H and O–H groups in total. The van der Waals surface area contributed by atoms with Crippen LogP contribution in [0.3, 0.4) is 0 Å². The van der Waals surface area contributed by atoms with Crippen LogP contribution >= 0.6 is 0 Å². The lowest BCUT2D eigenvalue weighted by atomic mass is 9.96. The number of carbonyl (C=O) groups excluding carboxylic acids is 2. The second kappa shape index (κ2) is 10.3. The predicted molar refractivity (Wildman–Crippen MR) is 124 cm³/mol. The summed E-state index contributed by atoms with van der Waals surface area (Å²) in [6.07, 6.45) is 4.68. The van der Waals surface area contributed by atoms with E-state index < -0.39 is 12.1 Å². The molecule has 2 aromatic carbocycles. The van der Waals surface area contributed by atoms with E-state index in [-0.39, 0.29) is 36.8 Å². The third-order valence-electron chi connectivity index (χ3n) is 6.49. The molecule has 2 aromatic rings. The van der Waals surface area contributed by atoms with E-state index in [1.54, 1.807) is 6.08 Å². The van der Waals surface area contributed by atoms with Crippen molar-refractivity contribution in [3.05, 3.63) is 71.8 Å². The maximum absolute atomic E-state index is 12.1. The maximum Gasteiger partial charge on any atom is 0.407 e. The number of carboxylic acids is 1. The van der Waals surface area contributed by atoms with E-state index >= 15 is 0 Å². The van der Waals surface area contributed by atoms with Crippen molar-refractivity contribution in [2.75, 3.05) is 19.7 Å². The summed E-state index contributed by atoms with van der Waals surface area (Å²) in [5, 5.41) is 14.6. The molecule has 0 spiro atoms. The third kappa shape index (κ3) is 5.25. The number of carbonyl (C=O) groups is 3. The van der Waals surface area contributed by atoms with Crippen LogP contribution in [-0.2, 0) is 14.3 Å². The number of hydrogen-bond donors (Lipinski definition) is 3. The summed E-state index contributed by atoms with van der Waals surface area (Å²) in [6, 6.07) is 16.3. The van der Waals surface area contributed by atoms with Crippen molar-refractivity contribution in [3.8, 4) is 11.1 Å². The quantitative estimate of drug-likeness (QED) is 0.534. The highest BCUT2D eigenvalue weighted by Gasteiger charge is 2.32. The van der Waals surface area contributed by atoms with Crippen LogP contribution in [0.15, 0.2) is 60.7 Å². The van der Waals surface area contributed by atoms with Gasteiger partial charge in [0.15, 0.2) is 0 Å². The zero-order valence-electron chi connectivity index (χ0n) is 18.3. The van der Waals surface area contributed by atoms with Crippen molar-refractivity contribution in [1.29, 1.82) is 0 Å². The number of fused-ring (bicyclic) bond motifs is 3. The van der Waals surface area contributed by atoms with Crippen molar-refractivity contribution in [3.63, 3.8) is 0 Å². The molecule has 33 heavy (non-hydrogen) atoms. The van der Waals surface area contributed by atoms with Crippen molar-refractivity contribution < 1.29 is 24.2 Å². The molecular weight excluding hydrogens is 420 g/mol. The molecule has 0 saturated heterocycles. The van der Waals surface area contributed by atoms with Gasteiger partial charge < -0.3 is 20.5 Å². The number of benzene rings is 2. The van der Waals surface area contributed by atoms with Crippen molar-refractivity contribution in [1.82, 2.24) is 10.6 Å². The van der Waals surface area contributed by atoms with E-state index in [9.17, 15) is 19.5 Å². The fraction of sp³-hybridized carbons (Fsp3) is 0.346. The average molecular weight is 449 g/mol. The Balaban J connectivity index is 1.20. The first-order valence-corrected chi connectivity index (χ1v) is 11.3. The summed E-state index contributed by atoms with van der Waals surface area (Å²) >= 11 is 0.